The van der Waals surface area contributed by atoms with Crippen molar-refractivity contribution in [2.24, 2.45) is 0 Å². The molecule has 1 aromatic carbocycles. The lowest BCUT2D eigenvalue weighted by atomic mass is 10.1. The van der Waals surface area contributed by atoms with E-state index in [-0.39, 0.29) is 30.0 Å². The van der Waals surface area contributed by atoms with E-state index in [0.717, 1.165) is 19.5 Å². The van der Waals surface area contributed by atoms with Crippen LogP contribution in [0.15, 0.2) is 58.7 Å². The Kier molecular flexibility index (Phi) is 7.00. The molecule has 6 nitrogen and oxygen atoms in total. The monoisotopic (exact) mass is 375 g/mol. The van der Waals surface area contributed by atoms with Gasteiger partial charge in [0.2, 0.25) is 0 Å². The van der Waals surface area contributed by atoms with Crippen LogP contribution in [-0.4, -0.2) is 38.5 Å². The van der Waals surface area contributed by atoms with E-state index in [1.807, 2.05) is 0 Å². The zero-order valence-electron chi connectivity index (χ0n) is 14.5. The van der Waals surface area contributed by atoms with Crippen LogP contribution in [-0.2, 0) is 0 Å². The molecule has 0 spiro atoms. The van der Waals surface area contributed by atoms with Crippen molar-refractivity contribution in [3.05, 3.63) is 65.6 Å². The first-order valence-corrected chi connectivity index (χ1v) is 8.24. The zero-order valence-corrected chi connectivity index (χ0v) is 15.3. The summed E-state index contributed by atoms with van der Waals surface area (Å²) in [7, 11) is 1.63. The van der Waals surface area contributed by atoms with Crippen molar-refractivity contribution in [3.63, 3.8) is 0 Å². The molecule has 1 aromatic heterocycles. The largest absolute Gasteiger partial charge is 0.459 e. The minimum absolute atomic E-state index is 0. The number of carbonyl (C=O) groups is 2. The smallest absolute Gasteiger partial charge is 0.293 e. The topological polar surface area (TPSA) is 74.6 Å². The Morgan fingerprint density at radius 3 is 2.73 bits per heavy atom. The first-order chi connectivity index (χ1) is 12.2. The summed E-state index contributed by atoms with van der Waals surface area (Å²) in [6.07, 6.45) is 4.48. The van der Waals surface area contributed by atoms with Crippen LogP contribution in [0.25, 0.3) is 0 Å². The summed E-state index contributed by atoms with van der Waals surface area (Å²) in [5, 5.41) is 6.18. The number of para-hydroxylation sites is 1. The molecule has 1 aliphatic heterocycles. The van der Waals surface area contributed by atoms with Crippen molar-refractivity contribution in [3.8, 4) is 0 Å². The van der Waals surface area contributed by atoms with Crippen LogP contribution in [0, 0.1) is 0 Å². The van der Waals surface area contributed by atoms with Crippen LogP contribution in [0.3, 0.4) is 0 Å². The van der Waals surface area contributed by atoms with Gasteiger partial charge < -0.3 is 20.0 Å². The molecular formula is C19H22ClN3O3. The minimum atomic E-state index is -0.300. The van der Waals surface area contributed by atoms with E-state index in [1.165, 1.54) is 16.7 Å². The van der Waals surface area contributed by atoms with Crippen molar-refractivity contribution in [1.82, 2.24) is 10.6 Å². The normalized spacial score (nSPS) is 13.3. The number of amides is 2. The van der Waals surface area contributed by atoms with Crippen LogP contribution < -0.4 is 15.5 Å². The summed E-state index contributed by atoms with van der Waals surface area (Å²) in [6, 6.07) is 10.3. The predicted molar refractivity (Wildman–Crippen MR) is 103 cm³/mol. The van der Waals surface area contributed by atoms with Gasteiger partial charge in [-0.15, -0.1) is 12.4 Å². The highest BCUT2D eigenvalue weighted by Gasteiger charge is 2.21. The summed E-state index contributed by atoms with van der Waals surface area (Å²) in [6.45, 7) is 2.28. The zero-order chi connectivity index (χ0) is 17.6. The number of halogens is 1. The van der Waals surface area contributed by atoms with Gasteiger partial charge in [-0.25, -0.2) is 0 Å². The van der Waals surface area contributed by atoms with Gasteiger partial charge in [0.25, 0.3) is 11.8 Å². The first-order valence-electron chi connectivity index (χ1n) is 8.24. The quantitative estimate of drug-likeness (QED) is 0.788. The molecule has 0 unspecified atom stereocenters. The fraction of sp³-hybridized carbons (Fsp3) is 0.263. The van der Waals surface area contributed by atoms with Crippen molar-refractivity contribution in [1.29, 1.82) is 0 Å². The van der Waals surface area contributed by atoms with Gasteiger partial charge in [0.1, 0.15) is 0 Å². The molecule has 0 atom stereocenters. The molecular weight excluding hydrogens is 354 g/mol. The molecule has 2 amide bonds. The van der Waals surface area contributed by atoms with Crippen LogP contribution in [0.1, 0.15) is 27.3 Å². The number of benzene rings is 1. The highest BCUT2D eigenvalue weighted by molar-refractivity contribution is 6.09. The molecule has 2 N–H and O–H groups in total. The molecule has 26 heavy (non-hydrogen) atoms. The Labute approximate surface area is 158 Å². The lowest BCUT2D eigenvalue weighted by molar-refractivity contribution is 0.0956. The van der Waals surface area contributed by atoms with Crippen molar-refractivity contribution in [2.75, 3.05) is 31.6 Å². The van der Waals surface area contributed by atoms with Gasteiger partial charge >= 0.3 is 0 Å². The molecule has 0 bridgehead atoms. The summed E-state index contributed by atoms with van der Waals surface area (Å²) in [5.74, 6) is -0.266. The molecule has 0 aliphatic carbocycles. The van der Waals surface area contributed by atoms with E-state index in [4.69, 9.17) is 4.42 Å². The number of anilines is 1. The maximum absolute atomic E-state index is 12.6. The summed E-state index contributed by atoms with van der Waals surface area (Å²) >= 11 is 0. The van der Waals surface area contributed by atoms with Crippen LogP contribution in [0.5, 0.6) is 0 Å². The number of carbonyl (C=O) groups excluding carboxylic acids is 2. The Bertz CT molecular complexity index is 787. The second-order valence-corrected chi connectivity index (χ2v) is 5.86. The fourth-order valence-corrected chi connectivity index (χ4v) is 2.75. The highest BCUT2D eigenvalue weighted by atomic mass is 35.5. The number of hydrogen-bond acceptors (Lipinski definition) is 4. The van der Waals surface area contributed by atoms with Gasteiger partial charge in [-0.05, 0) is 37.2 Å². The van der Waals surface area contributed by atoms with E-state index in [2.05, 4.69) is 16.7 Å². The number of rotatable bonds is 5. The molecule has 2 aromatic rings. The second kappa shape index (κ2) is 9.22. The van der Waals surface area contributed by atoms with Gasteiger partial charge in [0.05, 0.1) is 17.5 Å². The molecule has 2 heterocycles. The lowest BCUT2D eigenvalue weighted by Crippen LogP contribution is -2.32. The Morgan fingerprint density at radius 2 is 2.04 bits per heavy atom. The van der Waals surface area contributed by atoms with Crippen LogP contribution in [0.4, 0.5) is 5.69 Å². The molecule has 0 fully saturated rings. The Hall–Kier alpha value is -2.57. The standard InChI is InChI=1S/C19H21N3O3.ClH/c1-22(19(24)17-7-4-12-25-17)16-6-3-2-5-15(16)18(23)21-13-14-8-10-20-11-9-14;/h2-8,12,20H,9-11,13H2,1H3,(H,21,23);1H. The molecule has 0 radical (unpaired) electrons. The Balaban J connectivity index is 0.00000243. The van der Waals surface area contributed by atoms with E-state index in [1.54, 1.807) is 43.4 Å². The third-order valence-corrected chi connectivity index (χ3v) is 4.18. The summed E-state index contributed by atoms with van der Waals surface area (Å²) in [5.41, 5.74) is 2.21. The van der Waals surface area contributed by atoms with Crippen molar-refractivity contribution < 1.29 is 14.0 Å². The maximum Gasteiger partial charge on any atom is 0.293 e. The van der Waals surface area contributed by atoms with Crippen LogP contribution >= 0.6 is 12.4 Å². The predicted octanol–water partition coefficient (Wildman–Crippen LogP) is 2.63. The van der Waals surface area contributed by atoms with E-state index < -0.39 is 0 Å². The molecule has 3 rings (SSSR count). The number of furan rings is 1. The van der Waals surface area contributed by atoms with Gasteiger partial charge in [0, 0.05) is 20.1 Å². The number of nitrogens with zero attached hydrogens (tertiary/aromatic N) is 1. The molecule has 1 aliphatic rings. The van der Waals surface area contributed by atoms with E-state index in [9.17, 15) is 9.59 Å². The number of hydrogen-bond donors (Lipinski definition) is 2. The fourth-order valence-electron chi connectivity index (χ4n) is 2.75. The molecule has 7 heteroatoms. The van der Waals surface area contributed by atoms with Crippen LogP contribution in [0.2, 0.25) is 0 Å². The minimum Gasteiger partial charge on any atom is -0.459 e. The molecule has 138 valence electrons. The third-order valence-electron chi connectivity index (χ3n) is 4.18. The van der Waals surface area contributed by atoms with Gasteiger partial charge in [0.15, 0.2) is 5.76 Å². The van der Waals surface area contributed by atoms with Gasteiger partial charge in [-0.3, -0.25) is 9.59 Å². The van der Waals surface area contributed by atoms with Crippen molar-refractivity contribution >= 4 is 29.9 Å². The average molecular weight is 376 g/mol. The second-order valence-electron chi connectivity index (χ2n) is 5.86. The van der Waals surface area contributed by atoms with E-state index >= 15 is 0 Å². The lowest BCUT2D eigenvalue weighted by Gasteiger charge is -2.20. The van der Waals surface area contributed by atoms with E-state index in [0.29, 0.717) is 17.8 Å². The average Bonchev–Trinajstić information content (AvgIpc) is 3.20. The third kappa shape index (κ3) is 4.53. The molecule has 0 saturated heterocycles. The summed E-state index contributed by atoms with van der Waals surface area (Å²) < 4.78 is 5.16. The van der Waals surface area contributed by atoms with Crippen molar-refractivity contribution in [2.45, 2.75) is 6.42 Å². The maximum atomic E-state index is 12.6. The number of nitrogens with one attached hydrogen (secondary N) is 2. The van der Waals surface area contributed by atoms with Gasteiger partial charge in [-0.2, -0.15) is 0 Å². The molecule has 0 saturated carbocycles. The summed E-state index contributed by atoms with van der Waals surface area (Å²) in [4.78, 5) is 26.5. The highest BCUT2D eigenvalue weighted by Crippen LogP contribution is 2.21. The van der Waals surface area contributed by atoms with Gasteiger partial charge in [-0.1, -0.05) is 23.8 Å². The SMILES string of the molecule is CN(C(=O)c1ccco1)c1ccccc1C(=O)NCC1=CCNCC1.Cl. The Morgan fingerprint density at radius 1 is 1.23 bits per heavy atom. The first kappa shape index (κ1) is 19.8.